The SMILES string of the molecule is CCNC1(C(=O)OCC)CCC(N(CC)C(C)C)C1. The second-order valence-electron chi connectivity index (χ2n) is 5.65. The second-order valence-corrected chi connectivity index (χ2v) is 5.65. The van der Waals surface area contributed by atoms with Crippen LogP contribution in [-0.4, -0.2) is 48.2 Å². The van der Waals surface area contributed by atoms with Crippen LogP contribution in [0.1, 0.15) is 53.9 Å². The zero-order valence-electron chi connectivity index (χ0n) is 13.2. The van der Waals surface area contributed by atoms with Crippen molar-refractivity contribution in [2.45, 2.75) is 71.5 Å². The Morgan fingerprint density at radius 2 is 2.11 bits per heavy atom. The summed E-state index contributed by atoms with van der Waals surface area (Å²) < 4.78 is 5.28. The molecule has 4 nitrogen and oxygen atoms in total. The topological polar surface area (TPSA) is 41.6 Å². The number of nitrogens with one attached hydrogen (secondary N) is 1. The Balaban J connectivity index is 2.79. The van der Waals surface area contributed by atoms with E-state index >= 15 is 0 Å². The van der Waals surface area contributed by atoms with Crippen molar-refractivity contribution in [3.05, 3.63) is 0 Å². The molecule has 2 atom stereocenters. The molecule has 0 radical (unpaired) electrons. The van der Waals surface area contributed by atoms with Crippen LogP contribution in [0.2, 0.25) is 0 Å². The number of carbonyl (C=O) groups excluding carboxylic acids is 1. The highest BCUT2D eigenvalue weighted by atomic mass is 16.5. The lowest BCUT2D eigenvalue weighted by Crippen LogP contribution is -2.52. The summed E-state index contributed by atoms with van der Waals surface area (Å²) in [4.78, 5) is 14.8. The van der Waals surface area contributed by atoms with Crippen LogP contribution in [0.5, 0.6) is 0 Å². The molecule has 0 spiro atoms. The Bertz CT molecular complexity index is 294. The van der Waals surface area contributed by atoms with Crippen molar-refractivity contribution >= 4 is 5.97 Å². The van der Waals surface area contributed by atoms with Gasteiger partial charge >= 0.3 is 5.97 Å². The van der Waals surface area contributed by atoms with Crippen molar-refractivity contribution in [2.24, 2.45) is 0 Å². The summed E-state index contributed by atoms with van der Waals surface area (Å²) in [5.41, 5.74) is -0.461. The van der Waals surface area contributed by atoms with Gasteiger partial charge in [0.1, 0.15) is 5.54 Å². The van der Waals surface area contributed by atoms with E-state index in [1.807, 2.05) is 13.8 Å². The summed E-state index contributed by atoms with van der Waals surface area (Å²) in [7, 11) is 0. The summed E-state index contributed by atoms with van der Waals surface area (Å²) in [6.07, 6.45) is 2.82. The van der Waals surface area contributed by atoms with Crippen LogP contribution in [0, 0.1) is 0 Å². The molecule has 0 heterocycles. The van der Waals surface area contributed by atoms with Gasteiger partial charge in [-0.1, -0.05) is 13.8 Å². The van der Waals surface area contributed by atoms with E-state index < -0.39 is 5.54 Å². The maximum Gasteiger partial charge on any atom is 0.326 e. The Hall–Kier alpha value is -0.610. The molecule has 0 aliphatic heterocycles. The summed E-state index contributed by atoms with van der Waals surface area (Å²) in [5.74, 6) is -0.0702. The molecule has 1 fully saturated rings. The molecule has 0 aromatic carbocycles. The molecule has 2 unspecified atom stereocenters. The van der Waals surface area contributed by atoms with Gasteiger partial charge in [-0.3, -0.25) is 9.69 Å². The summed E-state index contributed by atoms with van der Waals surface area (Å²) in [5, 5.41) is 3.39. The van der Waals surface area contributed by atoms with Crippen molar-refractivity contribution in [1.29, 1.82) is 0 Å². The third kappa shape index (κ3) is 3.69. The minimum Gasteiger partial charge on any atom is -0.465 e. The van der Waals surface area contributed by atoms with E-state index in [0.29, 0.717) is 18.7 Å². The summed E-state index contributed by atoms with van der Waals surface area (Å²) in [6.45, 7) is 12.9. The molecule has 0 amide bonds. The number of nitrogens with zero attached hydrogens (tertiary/aromatic N) is 1. The van der Waals surface area contributed by atoms with Crippen molar-refractivity contribution in [3.63, 3.8) is 0 Å². The molecule has 19 heavy (non-hydrogen) atoms. The minimum absolute atomic E-state index is 0.0702. The van der Waals surface area contributed by atoms with Crippen molar-refractivity contribution in [1.82, 2.24) is 10.2 Å². The van der Waals surface area contributed by atoms with Gasteiger partial charge in [0.2, 0.25) is 0 Å². The van der Waals surface area contributed by atoms with Crippen LogP contribution in [0.25, 0.3) is 0 Å². The van der Waals surface area contributed by atoms with E-state index in [-0.39, 0.29) is 5.97 Å². The minimum atomic E-state index is -0.461. The standard InChI is InChI=1S/C15H30N2O2/c1-6-16-15(14(18)19-8-3)10-9-13(11-15)17(7-2)12(4)5/h12-13,16H,6-11H2,1-5H3. The highest BCUT2D eigenvalue weighted by Gasteiger charge is 2.47. The Morgan fingerprint density at radius 3 is 2.58 bits per heavy atom. The van der Waals surface area contributed by atoms with Gasteiger partial charge in [-0.2, -0.15) is 0 Å². The van der Waals surface area contributed by atoms with Crippen LogP contribution < -0.4 is 5.32 Å². The summed E-state index contributed by atoms with van der Waals surface area (Å²) in [6, 6.07) is 1.00. The molecule has 0 saturated heterocycles. The third-order valence-corrected chi connectivity index (χ3v) is 4.17. The van der Waals surface area contributed by atoms with Crippen LogP contribution in [-0.2, 0) is 9.53 Å². The first-order chi connectivity index (χ1) is 9.00. The normalized spacial score (nSPS) is 27.2. The largest absolute Gasteiger partial charge is 0.465 e. The van der Waals surface area contributed by atoms with Gasteiger partial charge in [0.05, 0.1) is 6.61 Å². The molecule has 0 aromatic rings. The lowest BCUT2D eigenvalue weighted by Gasteiger charge is -2.33. The van der Waals surface area contributed by atoms with Gasteiger partial charge < -0.3 is 10.1 Å². The molecule has 1 aliphatic rings. The fourth-order valence-electron chi connectivity index (χ4n) is 3.37. The average molecular weight is 270 g/mol. The van der Waals surface area contributed by atoms with Crippen molar-refractivity contribution < 1.29 is 9.53 Å². The van der Waals surface area contributed by atoms with E-state index in [2.05, 4.69) is 31.0 Å². The number of hydrogen-bond acceptors (Lipinski definition) is 4. The number of esters is 1. The summed E-state index contributed by atoms with van der Waals surface area (Å²) >= 11 is 0. The quantitative estimate of drug-likeness (QED) is 0.720. The molecule has 1 rings (SSSR count). The molecule has 1 N–H and O–H groups in total. The maximum absolute atomic E-state index is 12.3. The fourth-order valence-corrected chi connectivity index (χ4v) is 3.37. The fraction of sp³-hybridized carbons (Fsp3) is 0.933. The van der Waals surface area contributed by atoms with Gasteiger partial charge in [0, 0.05) is 12.1 Å². The van der Waals surface area contributed by atoms with E-state index in [9.17, 15) is 4.79 Å². The molecular formula is C15H30N2O2. The van der Waals surface area contributed by atoms with Gasteiger partial charge in [-0.15, -0.1) is 0 Å². The lowest BCUT2D eigenvalue weighted by molar-refractivity contribution is -0.151. The van der Waals surface area contributed by atoms with Crippen LogP contribution in [0.4, 0.5) is 0 Å². The number of hydrogen-bond donors (Lipinski definition) is 1. The zero-order chi connectivity index (χ0) is 14.5. The molecule has 0 aromatic heterocycles. The maximum atomic E-state index is 12.3. The first kappa shape index (κ1) is 16.4. The molecule has 112 valence electrons. The first-order valence-corrected chi connectivity index (χ1v) is 7.68. The molecule has 4 heteroatoms. The first-order valence-electron chi connectivity index (χ1n) is 7.68. The van der Waals surface area contributed by atoms with Crippen LogP contribution in [0.15, 0.2) is 0 Å². The number of likely N-dealkylation sites (N-methyl/N-ethyl adjacent to an activating group) is 1. The number of ether oxygens (including phenoxy) is 1. The molecular weight excluding hydrogens is 240 g/mol. The number of carbonyl (C=O) groups is 1. The third-order valence-electron chi connectivity index (χ3n) is 4.17. The van der Waals surface area contributed by atoms with E-state index in [1.165, 1.54) is 0 Å². The van der Waals surface area contributed by atoms with E-state index in [4.69, 9.17) is 4.74 Å². The highest BCUT2D eigenvalue weighted by molar-refractivity contribution is 5.81. The Morgan fingerprint density at radius 1 is 1.42 bits per heavy atom. The van der Waals surface area contributed by atoms with Gasteiger partial charge in [0.15, 0.2) is 0 Å². The van der Waals surface area contributed by atoms with E-state index in [1.54, 1.807) is 0 Å². The lowest BCUT2D eigenvalue weighted by atomic mass is 9.97. The average Bonchev–Trinajstić information content (AvgIpc) is 2.76. The zero-order valence-corrected chi connectivity index (χ0v) is 13.2. The van der Waals surface area contributed by atoms with Crippen LogP contribution in [0.3, 0.4) is 0 Å². The highest BCUT2D eigenvalue weighted by Crippen LogP contribution is 2.35. The van der Waals surface area contributed by atoms with E-state index in [0.717, 1.165) is 32.4 Å². The smallest absolute Gasteiger partial charge is 0.326 e. The van der Waals surface area contributed by atoms with Gasteiger partial charge in [-0.05, 0) is 53.1 Å². The van der Waals surface area contributed by atoms with Crippen molar-refractivity contribution in [2.75, 3.05) is 19.7 Å². The number of rotatable bonds is 7. The monoisotopic (exact) mass is 270 g/mol. The van der Waals surface area contributed by atoms with Gasteiger partial charge in [0.25, 0.3) is 0 Å². The van der Waals surface area contributed by atoms with Crippen LogP contribution >= 0.6 is 0 Å². The molecule has 1 aliphatic carbocycles. The van der Waals surface area contributed by atoms with Crippen molar-refractivity contribution in [3.8, 4) is 0 Å². The predicted molar refractivity (Wildman–Crippen MR) is 78.2 cm³/mol. The molecule has 0 bridgehead atoms. The second kappa shape index (κ2) is 7.25. The Labute approximate surface area is 117 Å². The molecule has 1 saturated carbocycles. The predicted octanol–water partition coefficient (Wildman–Crippen LogP) is 2.18. The Kier molecular flexibility index (Phi) is 6.27. The van der Waals surface area contributed by atoms with Gasteiger partial charge in [-0.25, -0.2) is 0 Å².